The normalized spacial score (nSPS) is 11.9. The van der Waals surface area contributed by atoms with Gasteiger partial charge in [-0.05, 0) is 30.7 Å². The molecular formula is C14H14N2O5. The SMILES string of the molecule is Cc1occc1C(=O)NC[C@H](O)c1ccc([N+](=O)[O-])cc1. The van der Waals surface area contributed by atoms with Crippen LogP contribution in [0.25, 0.3) is 0 Å². The second-order valence-corrected chi connectivity index (χ2v) is 4.46. The molecule has 0 unspecified atom stereocenters. The van der Waals surface area contributed by atoms with Crippen LogP contribution < -0.4 is 5.32 Å². The number of nitrogens with zero attached hydrogens (tertiary/aromatic N) is 1. The van der Waals surface area contributed by atoms with Crippen LogP contribution in [-0.4, -0.2) is 22.5 Å². The first-order valence-electron chi connectivity index (χ1n) is 6.23. The number of amides is 1. The van der Waals surface area contributed by atoms with Crippen LogP contribution >= 0.6 is 0 Å². The predicted octanol–water partition coefficient (Wildman–Crippen LogP) is 1.96. The van der Waals surface area contributed by atoms with E-state index in [1.54, 1.807) is 13.0 Å². The summed E-state index contributed by atoms with van der Waals surface area (Å²) in [6.07, 6.45) is 0.471. The summed E-state index contributed by atoms with van der Waals surface area (Å²) in [6, 6.07) is 7.07. The number of benzene rings is 1. The van der Waals surface area contributed by atoms with Crippen LogP contribution in [0.15, 0.2) is 41.0 Å². The monoisotopic (exact) mass is 290 g/mol. The van der Waals surface area contributed by atoms with E-state index in [1.165, 1.54) is 30.5 Å². The van der Waals surface area contributed by atoms with Crippen LogP contribution in [0, 0.1) is 17.0 Å². The molecule has 1 aromatic carbocycles. The first kappa shape index (κ1) is 14.7. The Balaban J connectivity index is 1.95. The fourth-order valence-electron chi connectivity index (χ4n) is 1.84. The highest BCUT2D eigenvalue weighted by atomic mass is 16.6. The molecule has 1 heterocycles. The summed E-state index contributed by atoms with van der Waals surface area (Å²) in [5.41, 5.74) is 0.847. The van der Waals surface area contributed by atoms with Gasteiger partial charge in [0.25, 0.3) is 11.6 Å². The highest BCUT2D eigenvalue weighted by Crippen LogP contribution is 2.17. The van der Waals surface area contributed by atoms with Gasteiger partial charge in [0.15, 0.2) is 0 Å². The van der Waals surface area contributed by atoms with E-state index in [0.29, 0.717) is 16.9 Å². The maximum Gasteiger partial charge on any atom is 0.269 e. The van der Waals surface area contributed by atoms with Crippen LogP contribution in [0.1, 0.15) is 27.8 Å². The number of carbonyl (C=O) groups is 1. The van der Waals surface area contributed by atoms with Crippen LogP contribution in [0.3, 0.4) is 0 Å². The number of aliphatic hydroxyl groups excluding tert-OH is 1. The lowest BCUT2D eigenvalue weighted by Crippen LogP contribution is -2.28. The van der Waals surface area contributed by atoms with Crippen molar-refractivity contribution in [2.75, 3.05) is 6.54 Å². The summed E-state index contributed by atoms with van der Waals surface area (Å²) in [7, 11) is 0. The maximum absolute atomic E-state index is 11.8. The summed E-state index contributed by atoms with van der Waals surface area (Å²) < 4.78 is 5.03. The highest BCUT2D eigenvalue weighted by molar-refractivity contribution is 5.95. The first-order valence-corrected chi connectivity index (χ1v) is 6.23. The number of aliphatic hydroxyl groups is 1. The van der Waals surface area contributed by atoms with Crippen molar-refractivity contribution in [2.24, 2.45) is 0 Å². The number of nitrogens with one attached hydrogen (secondary N) is 1. The third-order valence-electron chi connectivity index (χ3n) is 3.05. The van der Waals surface area contributed by atoms with Gasteiger partial charge >= 0.3 is 0 Å². The van der Waals surface area contributed by atoms with Crippen molar-refractivity contribution < 1.29 is 19.2 Å². The molecule has 7 nitrogen and oxygen atoms in total. The van der Waals surface area contributed by atoms with E-state index >= 15 is 0 Å². The van der Waals surface area contributed by atoms with Crippen molar-refractivity contribution in [1.82, 2.24) is 5.32 Å². The minimum absolute atomic E-state index is 0.00125. The Labute approximate surface area is 120 Å². The van der Waals surface area contributed by atoms with Gasteiger partial charge in [-0.15, -0.1) is 0 Å². The van der Waals surface area contributed by atoms with E-state index in [1.807, 2.05) is 0 Å². The molecule has 1 aromatic heterocycles. The van der Waals surface area contributed by atoms with Crippen molar-refractivity contribution in [3.05, 3.63) is 63.6 Å². The van der Waals surface area contributed by atoms with Gasteiger partial charge in [-0.3, -0.25) is 14.9 Å². The van der Waals surface area contributed by atoms with Crippen molar-refractivity contribution in [3.63, 3.8) is 0 Å². The van der Waals surface area contributed by atoms with Gasteiger partial charge in [0.1, 0.15) is 5.76 Å². The third-order valence-corrected chi connectivity index (χ3v) is 3.05. The Bertz CT molecular complexity index is 648. The molecule has 1 amide bonds. The summed E-state index contributed by atoms with van der Waals surface area (Å²) in [6.45, 7) is 1.67. The summed E-state index contributed by atoms with van der Waals surface area (Å²) >= 11 is 0. The zero-order valence-electron chi connectivity index (χ0n) is 11.3. The van der Waals surface area contributed by atoms with Crippen LogP contribution in [0.4, 0.5) is 5.69 Å². The number of nitro groups is 1. The average molecular weight is 290 g/mol. The second kappa shape index (κ2) is 6.19. The molecule has 2 N–H and O–H groups in total. The second-order valence-electron chi connectivity index (χ2n) is 4.46. The molecule has 0 radical (unpaired) electrons. The third kappa shape index (κ3) is 3.46. The zero-order chi connectivity index (χ0) is 15.4. The standard InChI is InChI=1S/C14H14N2O5/c1-9-12(6-7-21-9)14(18)15-8-13(17)10-2-4-11(5-3-10)16(19)20/h2-7,13,17H,8H2,1H3,(H,15,18)/t13-/m0/s1. The van der Waals surface area contributed by atoms with Crippen LogP contribution in [0.5, 0.6) is 0 Å². The van der Waals surface area contributed by atoms with E-state index in [0.717, 1.165) is 0 Å². The maximum atomic E-state index is 11.8. The number of hydrogen-bond acceptors (Lipinski definition) is 5. The Morgan fingerprint density at radius 2 is 2.05 bits per heavy atom. The van der Waals surface area contributed by atoms with E-state index in [2.05, 4.69) is 5.32 Å². The van der Waals surface area contributed by atoms with Crippen molar-refractivity contribution in [1.29, 1.82) is 0 Å². The number of hydrogen-bond donors (Lipinski definition) is 2. The highest BCUT2D eigenvalue weighted by Gasteiger charge is 2.14. The average Bonchev–Trinajstić information content (AvgIpc) is 2.90. The number of carbonyl (C=O) groups excluding carboxylic acids is 1. The smallest absolute Gasteiger partial charge is 0.269 e. The number of non-ortho nitro benzene ring substituents is 1. The fraction of sp³-hybridized carbons (Fsp3) is 0.214. The number of furan rings is 1. The topological polar surface area (TPSA) is 106 Å². The molecule has 0 aliphatic heterocycles. The van der Waals surface area contributed by atoms with Gasteiger partial charge in [0, 0.05) is 18.7 Å². The lowest BCUT2D eigenvalue weighted by molar-refractivity contribution is -0.384. The fourth-order valence-corrected chi connectivity index (χ4v) is 1.84. The molecule has 0 fully saturated rings. The molecule has 1 atom stereocenters. The van der Waals surface area contributed by atoms with Gasteiger partial charge in [-0.1, -0.05) is 0 Å². The Hall–Kier alpha value is -2.67. The molecule has 21 heavy (non-hydrogen) atoms. The van der Waals surface area contributed by atoms with Crippen molar-refractivity contribution in [2.45, 2.75) is 13.0 Å². The quantitative estimate of drug-likeness (QED) is 0.646. The van der Waals surface area contributed by atoms with Gasteiger partial charge in [-0.2, -0.15) is 0 Å². The van der Waals surface area contributed by atoms with E-state index in [9.17, 15) is 20.0 Å². The van der Waals surface area contributed by atoms with Crippen LogP contribution in [0.2, 0.25) is 0 Å². The molecule has 7 heteroatoms. The Kier molecular flexibility index (Phi) is 4.34. The number of nitro benzene ring substituents is 1. The van der Waals surface area contributed by atoms with E-state index < -0.39 is 11.0 Å². The molecule has 0 saturated carbocycles. The molecule has 0 saturated heterocycles. The summed E-state index contributed by atoms with van der Waals surface area (Å²) in [5, 5.41) is 23.1. The number of aryl methyl sites for hydroxylation is 1. The predicted molar refractivity (Wildman–Crippen MR) is 73.8 cm³/mol. The molecule has 110 valence electrons. The van der Waals surface area contributed by atoms with Gasteiger partial charge < -0.3 is 14.8 Å². The van der Waals surface area contributed by atoms with Crippen LogP contribution in [-0.2, 0) is 0 Å². The van der Waals surface area contributed by atoms with Crippen molar-refractivity contribution in [3.8, 4) is 0 Å². The molecular weight excluding hydrogens is 276 g/mol. The van der Waals surface area contributed by atoms with Crippen molar-refractivity contribution >= 4 is 11.6 Å². The minimum atomic E-state index is -0.943. The first-order chi connectivity index (χ1) is 9.99. The zero-order valence-corrected chi connectivity index (χ0v) is 11.3. The molecule has 0 aliphatic rings. The lowest BCUT2D eigenvalue weighted by atomic mass is 10.1. The van der Waals surface area contributed by atoms with Gasteiger partial charge in [0.2, 0.25) is 0 Å². The molecule has 0 aliphatic carbocycles. The largest absolute Gasteiger partial charge is 0.469 e. The molecule has 0 spiro atoms. The Morgan fingerprint density at radius 1 is 1.38 bits per heavy atom. The Morgan fingerprint density at radius 3 is 2.57 bits per heavy atom. The van der Waals surface area contributed by atoms with E-state index in [-0.39, 0.29) is 18.1 Å². The van der Waals surface area contributed by atoms with E-state index in [4.69, 9.17) is 4.42 Å². The van der Waals surface area contributed by atoms with Gasteiger partial charge in [-0.25, -0.2) is 0 Å². The molecule has 0 bridgehead atoms. The summed E-state index contributed by atoms with van der Waals surface area (Å²) in [4.78, 5) is 21.9. The molecule has 2 rings (SSSR count). The summed E-state index contributed by atoms with van der Waals surface area (Å²) in [5.74, 6) is 0.152. The minimum Gasteiger partial charge on any atom is -0.469 e. The lowest BCUT2D eigenvalue weighted by Gasteiger charge is -2.11. The van der Waals surface area contributed by atoms with Gasteiger partial charge in [0.05, 0.1) is 22.9 Å². The molecule has 2 aromatic rings. The number of rotatable bonds is 5.